The van der Waals surface area contributed by atoms with Crippen molar-refractivity contribution in [3.8, 4) is 5.75 Å². The Morgan fingerprint density at radius 3 is 2.31 bits per heavy atom. The summed E-state index contributed by atoms with van der Waals surface area (Å²) in [6.07, 6.45) is 9.31. The van der Waals surface area contributed by atoms with Crippen molar-refractivity contribution in [1.29, 1.82) is 0 Å². The van der Waals surface area contributed by atoms with Crippen LogP contribution in [0.5, 0.6) is 5.75 Å². The van der Waals surface area contributed by atoms with Crippen LogP contribution in [-0.4, -0.2) is 66.1 Å². The van der Waals surface area contributed by atoms with Gasteiger partial charge in [-0.3, -0.25) is 4.79 Å². The molecule has 1 N–H and O–H groups in total. The maximum Gasteiger partial charge on any atom is 0.251 e. The fourth-order valence-corrected chi connectivity index (χ4v) is 7.55. The molecule has 4 aromatic rings. The van der Waals surface area contributed by atoms with E-state index in [0.717, 1.165) is 73.3 Å². The Hall–Kier alpha value is -4.51. The number of nitrogens with one attached hydrogen (secondary N) is 1. The summed E-state index contributed by atoms with van der Waals surface area (Å²) < 4.78 is 42.9. The van der Waals surface area contributed by atoms with Gasteiger partial charge in [-0.25, -0.2) is 18.4 Å². The van der Waals surface area contributed by atoms with Gasteiger partial charge in [0.2, 0.25) is 0 Å². The number of hydrogen-bond donors (Lipinski definition) is 1. The molecule has 0 bridgehead atoms. The lowest BCUT2D eigenvalue weighted by molar-refractivity contribution is -0.0206. The first-order valence-electron chi connectivity index (χ1n) is 18.4. The standard InChI is InChI=1S/C38H44F2N6O3.C2H6/c1-27-19-33(45-17-15-44(16-18-45)32-10-7-29(8-11-32)37(47)43-31-5-3-2-4-6-31)12-14-36(27)48-22-28-21-38(49-23-28,24-46-26-41-25-42-46)34-13-9-30(39)20-35(34)40;1-2/h7-14,19-20,25-26,28,31H,2-6,15-18,21-24H2,1H3,(H,43,47);1-2H3/t28?,38-;/m0./s1. The molecule has 2 aliphatic heterocycles. The number of hydrogen-bond acceptors (Lipinski definition) is 7. The van der Waals surface area contributed by atoms with Gasteiger partial charge in [0.05, 0.1) is 19.8 Å². The molecule has 0 spiro atoms. The van der Waals surface area contributed by atoms with Crippen LogP contribution in [0.25, 0.3) is 0 Å². The van der Waals surface area contributed by atoms with Gasteiger partial charge in [-0.1, -0.05) is 39.2 Å². The molecule has 9 nitrogen and oxygen atoms in total. The Bertz CT molecular complexity index is 1720. The number of halogens is 2. The molecule has 2 atom stereocenters. The number of aromatic nitrogens is 3. The number of piperazine rings is 1. The molecule has 1 amide bonds. The summed E-state index contributed by atoms with van der Waals surface area (Å²) in [5.74, 6) is -0.435. The van der Waals surface area contributed by atoms with Crippen LogP contribution in [0.15, 0.2) is 73.3 Å². The van der Waals surface area contributed by atoms with Gasteiger partial charge >= 0.3 is 0 Å². The van der Waals surface area contributed by atoms with Crippen molar-refractivity contribution in [1.82, 2.24) is 20.1 Å². The third kappa shape index (κ3) is 8.69. The molecule has 0 radical (unpaired) electrons. The van der Waals surface area contributed by atoms with Crippen molar-refractivity contribution < 1.29 is 23.0 Å². The largest absolute Gasteiger partial charge is 0.493 e. The van der Waals surface area contributed by atoms with Crippen molar-refractivity contribution in [2.45, 2.75) is 77.5 Å². The van der Waals surface area contributed by atoms with Crippen molar-refractivity contribution in [3.05, 3.63) is 102 Å². The zero-order valence-corrected chi connectivity index (χ0v) is 30.0. The molecule has 3 heterocycles. The second-order valence-corrected chi connectivity index (χ2v) is 13.7. The van der Waals surface area contributed by atoms with E-state index in [4.69, 9.17) is 9.47 Å². The number of carbonyl (C=O) groups is 1. The molecule has 1 saturated carbocycles. The lowest BCUT2D eigenvalue weighted by Crippen LogP contribution is -2.46. The highest BCUT2D eigenvalue weighted by molar-refractivity contribution is 5.94. The van der Waals surface area contributed by atoms with Gasteiger partial charge in [0.15, 0.2) is 0 Å². The summed E-state index contributed by atoms with van der Waals surface area (Å²) >= 11 is 0. The molecule has 2 saturated heterocycles. The second kappa shape index (κ2) is 16.7. The SMILES string of the molecule is CC.Cc1cc(N2CCN(c3ccc(C(=O)NC4CCCCC4)cc3)CC2)ccc1OCC1CO[C@@](Cn2cncn2)(c2ccc(F)cc2F)C1. The average molecular weight is 701 g/mol. The summed E-state index contributed by atoms with van der Waals surface area (Å²) in [5, 5.41) is 7.40. The number of rotatable bonds is 10. The van der Waals surface area contributed by atoms with E-state index in [1.165, 1.54) is 37.7 Å². The fourth-order valence-electron chi connectivity index (χ4n) is 7.55. The van der Waals surface area contributed by atoms with Gasteiger partial charge in [-0.2, -0.15) is 5.10 Å². The van der Waals surface area contributed by atoms with E-state index < -0.39 is 17.2 Å². The van der Waals surface area contributed by atoms with E-state index in [0.29, 0.717) is 31.2 Å². The molecule has 1 unspecified atom stereocenters. The minimum Gasteiger partial charge on any atom is -0.493 e. The van der Waals surface area contributed by atoms with Crippen molar-refractivity contribution >= 4 is 17.3 Å². The lowest BCUT2D eigenvalue weighted by Gasteiger charge is -2.37. The van der Waals surface area contributed by atoms with Crippen LogP contribution in [-0.2, 0) is 16.9 Å². The van der Waals surface area contributed by atoms with E-state index in [9.17, 15) is 13.6 Å². The first kappa shape index (κ1) is 36.3. The highest BCUT2D eigenvalue weighted by atomic mass is 19.1. The fraction of sp³-hybridized carbons (Fsp3) is 0.475. The normalized spacial score (nSPS) is 20.8. The lowest BCUT2D eigenvalue weighted by atomic mass is 9.87. The van der Waals surface area contributed by atoms with Gasteiger partial charge in [-0.15, -0.1) is 0 Å². The van der Waals surface area contributed by atoms with Crippen molar-refractivity contribution in [3.63, 3.8) is 0 Å². The Morgan fingerprint density at radius 1 is 0.941 bits per heavy atom. The molecular formula is C40H50F2N6O3. The minimum atomic E-state index is -1.01. The smallest absolute Gasteiger partial charge is 0.251 e. The summed E-state index contributed by atoms with van der Waals surface area (Å²) in [6.45, 7) is 10.6. The van der Waals surface area contributed by atoms with Gasteiger partial charge in [-0.05, 0) is 80.3 Å². The molecule has 1 aliphatic carbocycles. The van der Waals surface area contributed by atoms with Crippen LogP contribution in [0.3, 0.4) is 0 Å². The monoisotopic (exact) mass is 700 g/mol. The number of ether oxygens (including phenoxy) is 2. The molecule has 3 aliphatic rings. The predicted molar refractivity (Wildman–Crippen MR) is 195 cm³/mol. The zero-order valence-electron chi connectivity index (χ0n) is 30.0. The van der Waals surface area contributed by atoms with Crippen LogP contribution in [0.1, 0.15) is 73.9 Å². The van der Waals surface area contributed by atoms with Crippen LogP contribution in [0, 0.1) is 24.5 Å². The highest BCUT2D eigenvalue weighted by Crippen LogP contribution is 2.42. The first-order valence-corrected chi connectivity index (χ1v) is 18.4. The number of amides is 1. The number of nitrogens with zero attached hydrogens (tertiary/aromatic N) is 5. The van der Waals surface area contributed by atoms with E-state index in [2.05, 4.69) is 56.4 Å². The molecule has 1 aromatic heterocycles. The Labute approximate surface area is 300 Å². The molecule has 51 heavy (non-hydrogen) atoms. The average Bonchev–Trinajstić information content (AvgIpc) is 3.83. The van der Waals surface area contributed by atoms with Gasteiger partial charge in [0.1, 0.15) is 35.6 Å². The van der Waals surface area contributed by atoms with Gasteiger partial charge in [0.25, 0.3) is 5.91 Å². The van der Waals surface area contributed by atoms with Crippen LogP contribution in [0.4, 0.5) is 20.2 Å². The summed E-state index contributed by atoms with van der Waals surface area (Å²) in [6, 6.07) is 18.2. The summed E-state index contributed by atoms with van der Waals surface area (Å²) in [5.41, 5.74) is 3.35. The number of aryl methyl sites for hydroxylation is 1. The molecule has 272 valence electrons. The Kier molecular flexibility index (Phi) is 11.9. The third-order valence-electron chi connectivity index (χ3n) is 10.2. The van der Waals surface area contributed by atoms with Crippen LogP contribution < -0.4 is 19.9 Å². The third-order valence-corrected chi connectivity index (χ3v) is 10.2. The van der Waals surface area contributed by atoms with Crippen molar-refractivity contribution in [2.24, 2.45) is 5.92 Å². The molecule has 7 rings (SSSR count). The maximum absolute atomic E-state index is 15.0. The Balaban J connectivity index is 0.00000220. The van der Waals surface area contributed by atoms with E-state index in [-0.39, 0.29) is 18.4 Å². The van der Waals surface area contributed by atoms with Crippen LogP contribution in [0.2, 0.25) is 0 Å². The maximum atomic E-state index is 15.0. The molecule has 11 heteroatoms. The number of carbonyl (C=O) groups excluding carboxylic acids is 1. The topological polar surface area (TPSA) is 84.8 Å². The Morgan fingerprint density at radius 2 is 1.65 bits per heavy atom. The van der Waals surface area contributed by atoms with E-state index in [1.807, 2.05) is 32.0 Å². The highest BCUT2D eigenvalue weighted by Gasteiger charge is 2.44. The number of anilines is 2. The molecule has 3 aromatic carbocycles. The summed E-state index contributed by atoms with van der Waals surface area (Å²) in [7, 11) is 0. The van der Waals surface area contributed by atoms with Crippen molar-refractivity contribution in [2.75, 3.05) is 49.2 Å². The molecular weight excluding hydrogens is 650 g/mol. The molecule has 3 fully saturated rings. The van der Waals surface area contributed by atoms with E-state index >= 15 is 0 Å². The van der Waals surface area contributed by atoms with Crippen LogP contribution >= 0.6 is 0 Å². The predicted octanol–water partition coefficient (Wildman–Crippen LogP) is 7.29. The quantitative estimate of drug-likeness (QED) is 0.186. The second-order valence-electron chi connectivity index (χ2n) is 13.7. The van der Waals surface area contributed by atoms with Gasteiger partial charge < -0.3 is 24.6 Å². The van der Waals surface area contributed by atoms with Gasteiger partial charge in [0, 0.05) is 66.7 Å². The van der Waals surface area contributed by atoms with E-state index in [1.54, 1.807) is 11.0 Å². The minimum absolute atomic E-state index is 0.000432. The first-order chi connectivity index (χ1) is 24.8. The zero-order chi connectivity index (χ0) is 35.8. The summed E-state index contributed by atoms with van der Waals surface area (Å²) in [4.78, 5) is 21.5. The number of benzene rings is 3.